The van der Waals surface area contributed by atoms with Crippen LogP contribution >= 0.6 is 15.9 Å². The van der Waals surface area contributed by atoms with Gasteiger partial charge in [-0.15, -0.1) is 0 Å². The average Bonchev–Trinajstić information content (AvgIpc) is 2.30. The topological polar surface area (TPSA) is 12.5 Å². The standard InChI is InChI=1S/C13H19BrFNO/c1-3-7-16(8-6-14)10-11-4-5-13(17-2)12(15)9-11/h4-5,9H,3,6-8,10H2,1-2H3. The Morgan fingerprint density at radius 2 is 2.12 bits per heavy atom. The molecular weight excluding hydrogens is 285 g/mol. The second-order valence-electron chi connectivity index (χ2n) is 3.93. The predicted molar refractivity (Wildman–Crippen MR) is 72.3 cm³/mol. The Hall–Kier alpha value is -0.610. The van der Waals surface area contributed by atoms with Crippen LogP contribution < -0.4 is 4.74 Å². The summed E-state index contributed by atoms with van der Waals surface area (Å²) in [6.07, 6.45) is 1.10. The van der Waals surface area contributed by atoms with Gasteiger partial charge >= 0.3 is 0 Å². The first-order chi connectivity index (χ1) is 8.21. The fourth-order valence-electron chi connectivity index (χ4n) is 1.77. The maximum atomic E-state index is 13.5. The van der Waals surface area contributed by atoms with Crippen LogP contribution in [0, 0.1) is 5.82 Å². The Labute approximate surface area is 111 Å². The van der Waals surface area contributed by atoms with Gasteiger partial charge in [-0.25, -0.2) is 4.39 Å². The predicted octanol–water partition coefficient (Wildman–Crippen LogP) is 3.44. The third kappa shape index (κ3) is 4.64. The summed E-state index contributed by atoms with van der Waals surface area (Å²) in [7, 11) is 1.48. The number of halogens is 2. The van der Waals surface area contributed by atoms with Crippen molar-refractivity contribution in [2.75, 3.05) is 25.5 Å². The van der Waals surface area contributed by atoms with E-state index in [0.717, 1.165) is 36.9 Å². The third-order valence-corrected chi connectivity index (χ3v) is 2.92. The lowest BCUT2D eigenvalue weighted by atomic mass is 10.2. The van der Waals surface area contributed by atoms with E-state index in [0.29, 0.717) is 5.75 Å². The largest absolute Gasteiger partial charge is 0.494 e. The maximum Gasteiger partial charge on any atom is 0.165 e. The highest BCUT2D eigenvalue weighted by Gasteiger charge is 2.07. The lowest BCUT2D eigenvalue weighted by Gasteiger charge is -2.20. The van der Waals surface area contributed by atoms with Gasteiger partial charge in [0.05, 0.1) is 7.11 Å². The number of hydrogen-bond acceptors (Lipinski definition) is 2. The molecular formula is C13H19BrFNO. The van der Waals surface area contributed by atoms with Crippen LogP contribution in [0.3, 0.4) is 0 Å². The van der Waals surface area contributed by atoms with Crippen molar-refractivity contribution in [3.05, 3.63) is 29.6 Å². The van der Waals surface area contributed by atoms with Crippen molar-refractivity contribution in [3.63, 3.8) is 0 Å². The fraction of sp³-hybridized carbons (Fsp3) is 0.538. The molecule has 0 bridgehead atoms. The summed E-state index contributed by atoms with van der Waals surface area (Å²) in [5, 5.41) is 0.936. The van der Waals surface area contributed by atoms with E-state index in [-0.39, 0.29) is 5.82 Å². The van der Waals surface area contributed by atoms with Gasteiger partial charge in [-0.05, 0) is 30.7 Å². The molecule has 0 aliphatic rings. The Bertz CT molecular complexity index is 340. The van der Waals surface area contributed by atoms with Gasteiger partial charge in [-0.1, -0.05) is 28.9 Å². The van der Waals surface area contributed by atoms with Gasteiger partial charge in [0.2, 0.25) is 0 Å². The zero-order valence-corrected chi connectivity index (χ0v) is 12.0. The summed E-state index contributed by atoms with van der Waals surface area (Å²) in [5.41, 5.74) is 0.984. The SMILES string of the molecule is CCCN(CCBr)Cc1ccc(OC)c(F)c1. The van der Waals surface area contributed by atoms with Gasteiger partial charge in [-0.3, -0.25) is 4.90 Å². The quantitative estimate of drug-likeness (QED) is 0.716. The van der Waals surface area contributed by atoms with Crippen LogP contribution in [0.15, 0.2) is 18.2 Å². The minimum atomic E-state index is -0.291. The molecule has 0 radical (unpaired) electrons. The van der Waals surface area contributed by atoms with Crippen LogP contribution in [-0.2, 0) is 6.54 Å². The van der Waals surface area contributed by atoms with Gasteiger partial charge in [0.1, 0.15) is 0 Å². The zero-order valence-electron chi connectivity index (χ0n) is 10.4. The van der Waals surface area contributed by atoms with Crippen molar-refractivity contribution in [3.8, 4) is 5.75 Å². The van der Waals surface area contributed by atoms with Crippen molar-refractivity contribution >= 4 is 15.9 Å². The molecule has 0 aliphatic carbocycles. The molecule has 0 spiro atoms. The van der Waals surface area contributed by atoms with Crippen molar-refractivity contribution < 1.29 is 9.13 Å². The fourth-order valence-corrected chi connectivity index (χ4v) is 2.27. The second kappa shape index (κ2) is 7.67. The first-order valence-electron chi connectivity index (χ1n) is 5.82. The van der Waals surface area contributed by atoms with E-state index in [4.69, 9.17) is 4.74 Å². The van der Waals surface area contributed by atoms with Crippen molar-refractivity contribution in [1.29, 1.82) is 0 Å². The summed E-state index contributed by atoms with van der Waals surface area (Å²) >= 11 is 3.43. The Morgan fingerprint density at radius 3 is 2.65 bits per heavy atom. The molecule has 1 rings (SSSR count). The molecule has 0 amide bonds. The molecule has 0 unspecified atom stereocenters. The van der Waals surface area contributed by atoms with Crippen molar-refractivity contribution in [1.82, 2.24) is 4.90 Å². The summed E-state index contributed by atoms with van der Waals surface area (Å²) in [6, 6.07) is 5.15. The molecule has 96 valence electrons. The highest BCUT2D eigenvalue weighted by Crippen LogP contribution is 2.18. The number of ether oxygens (including phenoxy) is 1. The molecule has 0 atom stereocenters. The number of benzene rings is 1. The molecule has 1 aromatic carbocycles. The normalized spacial score (nSPS) is 10.9. The van der Waals surface area contributed by atoms with Crippen molar-refractivity contribution in [2.45, 2.75) is 19.9 Å². The molecule has 0 aliphatic heterocycles. The first-order valence-corrected chi connectivity index (χ1v) is 6.94. The van der Waals surface area contributed by atoms with Gasteiger partial charge < -0.3 is 4.74 Å². The lowest BCUT2D eigenvalue weighted by Crippen LogP contribution is -2.26. The third-order valence-electron chi connectivity index (χ3n) is 2.56. The summed E-state index contributed by atoms with van der Waals surface area (Å²) in [4.78, 5) is 2.30. The van der Waals surface area contributed by atoms with E-state index < -0.39 is 0 Å². The molecule has 0 N–H and O–H groups in total. The van der Waals surface area contributed by atoms with E-state index in [9.17, 15) is 4.39 Å². The average molecular weight is 304 g/mol. The van der Waals surface area contributed by atoms with Crippen LogP contribution in [0.2, 0.25) is 0 Å². The number of alkyl halides is 1. The number of nitrogens with zero attached hydrogens (tertiary/aromatic N) is 1. The molecule has 1 aromatic rings. The van der Waals surface area contributed by atoms with E-state index in [1.165, 1.54) is 7.11 Å². The van der Waals surface area contributed by atoms with Gasteiger partial charge in [0.25, 0.3) is 0 Å². The molecule has 17 heavy (non-hydrogen) atoms. The van der Waals surface area contributed by atoms with Crippen LogP contribution in [0.4, 0.5) is 4.39 Å². The molecule has 0 aromatic heterocycles. The zero-order chi connectivity index (χ0) is 12.7. The lowest BCUT2D eigenvalue weighted by molar-refractivity contribution is 0.283. The summed E-state index contributed by atoms with van der Waals surface area (Å²) in [6.45, 7) is 4.93. The van der Waals surface area contributed by atoms with Gasteiger partial charge in [0.15, 0.2) is 11.6 Å². The molecule has 0 saturated heterocycles. The Balaban J connectivity index is 2.68. The smallest absolute Gasteiger partial charge is 0.165 e. The number of rotatable bonds is 7. The van der Waals surface area contributed by atoms with Gasteiger partial charge in [0, 0.05) is 18.4 Å². The second-order valence-corrected chi connectivity index (χ2v) is 4.73. The number of hydrogen-bond donors (Lipinski definition) is 0. The Kier molecular flexibility index (Phi) is 6.52. The van der Waals surface area contributed by atoms with Crippen LogP contribution in [-0.4, -0.2) is 30.4 Å². The highest BCUT2D eigenvalue weighted by atomic mass is 79.9. The molecule has 0 saturated carbocycles. The molecule has 2 nitrogen and oxygen atoms in total. The molecule has 0 heterocycles. The summed E-state index contributed by atoms with van der Waals surface area (Å²) in [5.74, 6) is 0.0107. The maximum absolute atomic E-state index is 13.5. The van der Waals surface area contributed by atoms with Crippen LogP contribution in [0.5, 0.6) is 5.75 Å². The van der Waals surface area contributed by atoms with Crippen LogP contribution in [0.25, 0.3) is 0 Å². The monoisotopic (exact) mass is 303 g/mol. The van der Waals surface area contributed by atoms with E-state index in [1.807, 2.05) is 6.07 Å². The first kappa shape index (κ1) is 14.5. The van der Waals surface area contributed by atoms with E-state index >= 15 is 0 Å². The van der Waals surface area contributed by atoms with Gasteiger partial charge in [-0.2, -0.15) is 0 Å². The number of methoxy groups -OCH3 is 1. The Morgan fingerprint density at radius 1 is 1.35 bits per heavy atom. The minimum absolute atomic E-state index is 0.291. The minimum Gasteiger partial charge on any atom is -0.494 e. The summed E-state index contributed by atoms with van der Waals surface area (Å²) < 4.78 is 18.4. The van der Waals surface area contributed by atoms with E-state index in [1.54, 1.807) is 12.1 Å². The van der Waals surface area contributed by atoms with Crippen molar-refractivity contribution in [2.24, 2.45) is 0 Å². The van der Waals surface area contributed by atoms with Crippen LogP contribution in [0.1, 0.15) is 18.9 Å². The molecule has 0 fully saturated rings. The molecule has 4 heteroatoms. The van der Waals surface area contributed by atoms with E-state index in [2.05, 4.69) is 27.8 Å². The highest BCUT2D eigenvalue weighted by molar-refractivity contribution is 9.09.